The minimum atomic E-state index is -4.20. The number of benzene rings is 4. The van der Waals surface area contributed by atoms with Crippen LogP contribution in [0.25, 0.3) is 0 Å². The van der Waals surface area contributed by atoms with E-state index in [4.69, 9.17) is 16.3 Å². The van der Waals surface area contributed by atoms with Gasteiger partial charge in [-0.25, -0.2) is 8.42 Å². The number of carbonyl (C=O) groups excluding carboxylic acids is 2. The summed E-state index contributed by atoms with van der Waals surface area (Å²) < 4.78 is 35.2. The number of amides is 2. The van der Waals surface area contributed by atoms with Gasteiger partial charge in [0.25, 0.3) is 10.0 Å². The van der Waals surface area contributed by atoms with E-state index in [-0.39, 0.29) is 29.1 Å². The summed E-state index contributed by atoms with van der Waals surface area (Å²) >= 11 is 6.22. The zero-order chi connectivity index (χ0) is 32.6. The molecule has 8 nitrogen and oxygen atoms in total. The molecule has 236 valence electrons. The molecule has 0 aliphatic carbocycles. The molecule has 0 heterocycles. The van der Waals surface area contributed by atoms with E-state index >= 15 is 0 Å². The van der Waals surface area contributed by atoms with Crippen LogP contribution in [0.1, 0.15) is 38.3 Å². The number of hydrogen-bond donors (Lipinski definition) is 1. The monoisotopic (exact) mass is 647 g/mol. The van der Waals surface area contributed by atoms with Crippen molar-refractivity contribution in [3.8, 4) is 11.5 Å². The second-order valence-corrected chi connectivity index (χ2v) is 13.2. The number of anilines is 1. The molecule has 2 atom stereocenters. The molecule has 0 spiro atoms. The molecule has 0 saturated carbocycles. The number of nitrogens with one attached hydrogen (secondary N) is 1. The molecule has 4 aromatic carbocycles. The number of nitrogens with zero attached hydrogens (tertiary/aromatic N) is 2. The molecule has 0 unspecified atom stereocenters. The number of para-hydroxylation sites is 1. The Labute approximate surface area is 270 Å². The van der Waals surface area contributed by atoms with Gasteiger partial charge in [-0.1, -0.05) is 66.6 Å². The summed E-state index contributed by atoms with van der Waals surface area (Å²) in [4.78, 5) is 28.8. The fraction of sp³-hybridized carbons (Fsp3) is 0.257. The number of ether oxygens (including phenoxy) is 1. The first-order chi connectivity index (χ1) is 21.5. The van der Waals surface area contributed by atoms with Crippen LogP contribution in [0.3, 0.4) is 0 Å². The van der Waals surface area contributed by atoms with Crippen molar-refractivity contribution >= 4 is 39.1 Å². The van der Waals surface area contributed by atoms with Gasteiger partial charge in [-0.2, -0.15) is 0 Å². The molecule has 0 aromatic heterocycles. The standard InChI is InChI=1S/C35H38ClN3O5S/c1-5-26(3)37-35(41)27(4)38(23-28-10-9-11-29(36)22-28)34(40)24-39(45(42,43)33-20-14-25(2)15-21-33)30-16-18-32(19-17-30)44-31-12-7-6-8-13-31/h6-22,26-27H,5,23-24H2,1-4H3,(H,37,41)/t26-,27+/m0/s1. The van der Waals surface area contributed by atoms with Crippen molar-refractivity contribution in [1.29, 1.82) is 0 Å². The first kappa shape index (κ1) is 33.6. The summed E-state index contributed by atoms with van der Waals surface area (Å²) in [5, 5.41) is 3.41. The summed E-state index contributed by atoms with van der Waals surface area (Å²) in [6, 6.07) is 28.1. The third-order valence-electron chi connectivity index (χ3n) is 7.40. The van der Waals surface area contributed by atoms with E-state index in [0.29, 0.717) is 28.5 Å². The summed E-state index contributed by atoms with van der Waals surface area (Å²) in [6.07, 6.45) is 0.716. The van der Waals surface area contributed by atoms with Gasteiger partial charge >= 0.3 is 0 Å². The van der Waals surface area contributed by atoms with Gasteiger partial charge < -0.3 is 15.0 Å². The number of aryl methyl sites for hydroxylation is 1. The SMILES string of the molecule is CC[C@H](C)NC(=O)[C@@H](C)N(Cc1cccc(Cl)c1)C(=O)CN(c1ccc(Oc2ccccc2)cc1)S(=O)(=O)c1ccc(C)cc1. The average Bonchev–Trinajstić information content (AvgIpc) is 3.03. The van der Waals surface area contributed by atoms with Gasteiger partial charge in [-0.3, -0.25) is 13.9 Å². The van der Waals surface area contributed by atoms with Crippen LogP contribution in [0.15, 0.2) is 108 Å². The maximum atomic E-state index is 14.1. The van der Waals surface area contributed by atoms with E-state index in [0.717, 1.165) is 9.87 Å². The molecular weight excluding hydrogens is 610 g/mol. The molecular formula is C35H38ClN3O5S. The van der Waals surface area contributed by atoms with E-state index < -0.39 is 28.5 Å². The second-order valence-electron chi connectivity index (χ2n) is 10.9. The van der Waals surface area contributed by atoms with Gasteiger partial charge in [-0.05, 0) is 93.4 Å². The van der Waals surface area contributed by atoms with Gasteiger partial charge in [0, 0.05) is 17.6 Å². The predicted molar refractivity (Wildman–Crippen MR) is 178 cm³/mol. The third-order valence-corrected chi connectivity index (χ3v) is 9.42. The Morgan fingerprint density at radius 1 is 0.867 bits per heavy atom. The van der Waals surface area contributed by atoms with Crippen molar-refractivity contribution in [3.63, 3.8) is 0 Å². The molecule has 1 N–H and O–H groups in total. The van der Waals surface area contributed by atoms with Crippen molar-refractivity contribution < 1.29 is 22.7 Å². The lowest BCUT2D eigenvalue weighted by atomic mass is 10.1. The van der Waals surface area contributed by atoms with Crippen LogP contribution in [-0.2, 0) is 26.2 Å². The van der Waals surface area contributed by atoms with Gasteiger partial charge in [0.15, 0.2) is 0 Å². The molecule has 4 rings (SSSR count). The zero-order valence-corrected chi connectivity index (χ0v) is 27.4. The number of hydrogen-bond acceptors (Lipinski definition) is 5. The van der Waals surface area contributed by atoms with Crippen molar-refractivity contribution in [1.82, 2.24) is 10.2 Å². The summed E-state index contributed by atoms with van der Waals surface area (Å²) in [5.74, 6) is 0.241. The number of sulfonamides is 1. The molecule has 0 bridgehead atoms. The summed E-state index contributed by atoms with van der Waals surface area (Å²) in [5.41, 5.74) is 1.87. The van der Waals surface area contributed by atoms with E-state index in [2.05, 4.69) is 5.32 Å². The summed E-state index contributed by atoms with van der Waals surface area (Å²) in [7, 11) is -4.20. The molecule has 45 heavy (non-hydrogen) atoms. The summed E-state index contributed by atoms with van der Waals surface area (Å²) in [6.45, 7) is 6.84. The molecule has 0 radical (unpaired) electrons. The Kier molecular flexibility index (Phi) is 11.3. The van der Waals surface area contributed by atoms with Crippen molar-refractivity contribution in [2.24, 2.45) is 0 Å². The van der Waals surface area contributed by atoms with Crippen LogP contribution in [0.5, 0.6) is 11.5 Å². The number of carbonyl (C=O) groups is 2. The lowest BCUT2D eigenvalue weighted by Crippen LogP contribution is -2.52. The van der Waals surface area contributed by atoms with Crippen LogP contribution in [-0.4, -0.2) is 43.8 Å². The van der Waals surface area contributed by atoms with Gasteiger partial charge in [-0.15, -0.1) is 0 Å². The zero-order valence-electron chi connectivity index (χ0n) is 25.8. The second kappa shape index (κ2) is 15.1. The lowest BCUT2D eigenvalue weighted by Gasteiger charge is -2.32. The third kappa shape index (κ3) is 8.86. The topological polar surface area (TPSA) is 96.0 Å². The molecule has 0 fully saturated rings. The molecule has 0 aliphatic rings. The molecule has 10 heteroatoms. The van der Waals surface area contributed by atoms with Crippen LogP contribution in [0.4, 0.5) is 5.69 Å². The Bertz CT molecular complexity index is 1700. The van der Waals surface area contributed by atoms with Crippen LogP contribution >= 0.6 is 11.6 Å². The molecule has 4 aromatic rings. The van der Waals surface area contributed by atoms with Crippen molar-refractivity contribution in [2.75, 3.05) is 10.8 Å². The molecule has 2 amide bonds. The Morgan fingerprint density at radius 2 is 1.51 bits per heavy atom. The maximum Gasteiger partial charge on any atom is 0.264 e. The molecule has 0 saturated heterocycles. The van der Waals surface area contributed by atoms with E-state index in [1.807, 2.05) is 51.1 Å². The smallest absolute Gasteiger partial charge is 0.264 e. The Balaban J connectivity index is 1.70. The van der Waals surface area contributed by atoms with Crippen molar-refractivity contribution in [3.05, 3.63) is 119 Å². The van der Waals surface area contributed by atoms with E-state index in [1.165, 1.54) is 17.0 Å². The molecule has 0 aliphatic heterocycles. The number of halogens is 1. The highest BCUT2D eigenvalue weighted by Gasteiger charge is 2.33. The van der Waals surface area contributed by atoms with E-state index in [1.54, 1.807) is 67.6 Å². The highest BCUT2D eigenvalue weighted by Crippen LogP contribution is 2.29. The lowest BCUT2D eigenvalue weighted by molar-refractivity contribution is -0.139. The predicted octanol–water partition coefficient (Wildman–Crippen LogP) is 6.97. The Hall–Kier alpha value is -4.34. The number of rotatable bonds is 13. The highest BCUT2D eigenvalue weighted by atomic mass is 35.5. The first-order valence-electron chi connectivity index (χ1n) is 14.7. The normalized spacial score (nSPS) is 12.6. The quantitative estimate of drug-likeness (QED) is 0.169. The van der Waals surface area contributed by atoms with E-state index in [9.17, 15) is 18.0 Å². The highest BCUT2D eigenvalue weighted by molar-refractivity contribution is 7.92. The van der Waals surface area contributed by atoms with Crippen LogP contribution in [0, 0.1) is 6.92 Å². The minimum Gasteiger partial charge on any atom is -0.457 e. The van der Waals surface area contributed by atoms with Gasteiger partial charge in [0.1, 0.15) is 24.1 Å². The van der Waals surface area contributed by atoms with Crippen molar-refractivity contribution in [2.45, 2.75) is 57.6 Å². The van der Waals surface area contributed by atoms with Crippen LogP contribution < -0.4 is 14.4 Å². The van der Waals surface area contributed by atoms with Gasteiger partial charge in [0.05, 0.1) is 10.6 Å². The first-order valence-corrected chi connectivity index (χ1v) is 16.6. The largest absolute Gasteiger partial charge is 0.457 e. The fourth-order valence-electron chi connectivity index (χ4n) is 4.55. The Morgan fingerprint density at radius 3 is 2.13 bits per heavy atom. The van der Waals surface area contributed by atoms with Crippen LogP contribution in [0.2, 0.25) is 5.02 Å². The van der Waals surface area contributed by atoms with Gasteiger partial charge in [0.2, 0.25) is 11.8 Å². The average molecular weight is 648 g/mol. The maximum absolute atomic E-state index is 14.1. The minimum absolute atomic E-state index is 0.0365. The fourth-order valence-corrected chi connectivity index (χ4v) is 6.18.